The summed E-state index contributed by atoms with van der Waals surface area (Å²) in [4.78, 5) is 27.1. The summed E-state index contributed by atoms with van der Waals surface area (Å²) >= 11 is 0. The molecule has 4 aliphatic carbocycles. The lowest BCUT2D eigenvalue weighted by atomic mass is 9.42. The molecule has 0 bridgehead atoms. The van der Waals surface area contributed by atoms with Crippen molar-refractivity contribution in [1.29, 1.82) is 0 Å². The number of fused-ring (bicyclic) bond motifs is 4. The van der Waals surface area contributed by atoms with Crippen molar-refractivity contribution in [1.82, 2.24) is 0 Å². The summed E-state index contributed by atoms with van der Waals surface area (Å²) in [6.45, 7) is 12.2. The number of esters is 1. The van der Waals surface area contributed by atoms with Crippen LogP contribution in [0.15, 0.2) is 42.2 Å². The summed E-state index contributed by atoms with van der Waals surface area (Å²) < 4.78 is 87.6. The van der Waals surface area contributed by atoms with E-state index in [2.05, 4.69) is 0 Å². The second-order valence-electron chi connectivity index (χ2n) is 23.7. The van der Waals surface area contributed by atoms with Crippen molar-refractivity contribution < 1.29 is 101 Å². The monoisotopic (exact) mass is 1090 g/mol. The molecular weight excluding hydrogens is 1010 g/mol. The number of ether oxygens (including phenoxy) is 14. The number of carbonyl (C=O) groups is 2. The van der Waals surface area contributed by atoms with E-state index < -0.39 is 162 Å². The number of benzene rings is 1. The van der Waals surface area contributed by atoms with E-state index in [4.69, 9.17) is 66.3 Å². The molecule has 432 valence electrons. The Kier molecular flexibility index (Phi) is 15.8. The van der Waals surface area contributed by atoms with Crippen LogP contribution < -0.4 is 0 Å². The Morgan fingerprint density at radius 1 is 0.636 bits per heavy atom. The number of carbonyl (C=O) groups excluding carboxylic acids is 2. The second-order valence-corrected chi connectivity index (χ2v) is 23.7. The van der Waals surface area contributed by atoms with Crippen molar-refractivity contribution >= 4 is 11.8 Å². The second kappa shape index (κ2) is 21.2. The zero-order valence-electron chi connectivity index (χ0n) is 46.1. The van der Waals surface area contributed by atoms with Crippen LogP contribution in [-0.2, 0) is 71.1 Å². The zero-order chi connectivity index (χ0) is 55.4. The van der Waals surface area contributed by atoms with Crippen LogP contribution in [0.25, 0.3) is 0 Å². The lowest BCUT2D eigenvalue weighted by molar-refractivity contribution is -0.356. The van der Waals surface area contributed by atoms with E-state index in [9.17, 15) is 35.1 Å². The van der Waals surface area contributed by atoms with Crippen LogP contribution in [0.1, 0.15) is 117 Å². The summed E-state index contributed by atoms with van der Waals surface area (Å²) in [7, 11) is 6.22. The van der Waals surface area contributed by atoms with E-state index in [1.54, 1.807) is 71.6 Å². The van der Waals surface area contributed by atoms with Gasteiger partial charge in [0.05, 0.1) is 59.8 Å². The molecule has 5 heterocycles. The van der Waals surface area contributed by atoms with Crippen molar-refractivity contribution in [3.05, 3.63) is 47.7 Å². The fraction of sp³-hybridized carbons (Fsp3) is 0.821. The number of methoxy groups -OCH3 is 4. The molecule has 10 rings (SSSR count). The average Bonchev–Trinajstić information content (AvgIpc) is 4.25. The van der Waals surface area contributed by atoms with Crippen LogP contribution in [0.3, 0.4) is 0 Å². The number of hydrogen-bond donors (Lipinski definition) is 5. The number of aliphatic hydroxyl groups excluding tert-OH is 2. The Labute approximate surface area is 450 Å². The first-order valence-corrected chi connectivity index (χ1v) is 27.5. The molecule has 26 atom stereocenters. The van der Waals surface area contributed by atoms with Gasteiger partial charge >= 0.3 is 5.97 Å². The maximum atomic E-state index is 13.8. The van der Waals surface area contributed by atoms with Gasteiger partial charge in [-0.15, -0.1) is 0 Å². The molecule has 9 aliphatic rings. The van der Waals surface area contributed by atoms with Crippen molar-refractivity contribution in [3.63, 3.8) is 0 Å². The standard InChI is InChI=1S/C56H82O21/c1-27-43(58)48(67-11)44(59)50(71-27)76-47-30(4)70-42(23-36(47)66-10)75-46-29(3)69-41(22-35(46)65-9)74-45-28(2)68-40(21-34(45)64-8)72-33-17-18-51(6)37-24-38(73-49(60)32-15-13-12-14-16-32)52(7)53(61,31(5)57)19-20-56(52,63)54(37,62)26-39-55(51,25-33)77-39/h12-16,26-30,33-38,40-48,50,58-59,61-63H,17-25H2,1-11H3/t27-,28-,29-,30-,33+,34-,35-,36-,37-,38-,40+,41+,42+,43-,44-,45-,46-,47-,48+,50+,51-,52-,53-,54+,55+,56-/m1/s1. The van der Waals surface area contributed by atoms with E-state index in [0.717, 1.165) is 0 Å². The fourth-order valence-electron chi connectivity index (χ4n) is 15.3. The van der Waals surface area contributed by atoms with Gasteiger partial charge in [-0.25, -0.2) is 4.79 Å². The third kappa shape index (κ3) is 9.17. The van der Waals surface area contributed by atoms with Crippen molar-refractivity contribution in [2.75, 3.05) is 28.4 Å². The van der Waals surface area contributed by atoms with Gasteiger partial charge in [-0.05, 0) is 91.9 Å². The molecule has 21 nitrogen and oxygen atoms in total. The van der Waals surface area contributed by atoms with Crippen LogP contribution in [0, 0.1) is 16.7 Å². The van der Waals surface area contributed by atoms with E-state index in [1.807, 2.05) is 27.7 Å². The molecule has 5 N–H and O–H groups in total. The van der Waals surface area contributed by atoms with Gasteiger partial charge in [0, 0.05) is 65.5 Å². The van der Waals surface area contributed by atoms with Crippen molar-refractivity contribution in [3.8, 4) is 0 Å². The molecule has 5 saturated heterocycles. The minimum atomic E-state index is -2.09. The highest BCUT2D eigenvalue weighted by molar-refractivity contribution is 5.90. The Balaban J connectivity index is 0.766. The van der Waals surface area contributed by atoms with Crippen LogP contribution in [-0.4, -0.2) is 205 Å². The smallest absolute Gasteiger partial charge is 0.338 e. The third-order valence-corrected chi connectivity index (χ3v) is 20.0. The lowest BCUT2D eigenvalue weighted by Gasteiger charge is -2.65. The molecular formula is C56H82O21. The van der Waals surface area contributed by atoms with Crippen molar-refractivity contribution in [2.24, 2.45) is 16.7 Å². The number of hydrogen-bond acceptors (Lipinski definition) is 21. The van der Waals surface area contributed by atoms with E-state index in [0.29, 0.717) is 44.3 Å². The Bertz CT molecular complexity index is 2330. The maximum Gasteiger partial charge on any atom is 0.338 e. The minimum absolute atomic E-state index is 0.0517. The molecule has 21 heteroatoms. The van der Waals surface area contributed by atoms with Gasteiger partial charge in [-0.1, -0.05) is 25.1 Å². The van der Waals surface area contributed by atoms with Gasteiger partial charge in [0.15, 0.2) is 36.5 Å². The number of epoxide rings is 1. The van der Waals surface area contributed by atoms with Crippen LogP contribution in [0.4, 0.5) is 0 Å². The van der Waals surface area contributed by atoms with Crippen molar-refractivity contribution in [2.45, 2.75) is 245 Å². The molecule has 5 aliphatic heterocycles. The third-order valence-electron chi connectivity index (χ3n) is 20.0. The Hall–Kier alpha value is -2.78. The molecule has 0 radical (unpaired) electrons. The maximum absolute atomic E-state index is 13.8. The van der Waals surface area contributed by atoms with Gasteiger partial charge < -0.3 is 91.8 Å². The molecule has 0 amide bonds. The molecule has 77 heavy (non-hydrogen) atoms. The predicted molar refractivity (Wildman–Crippen MR) is 266 cm³/mol. The first-order valence-electron chi connectivity index (χ1n) is 27.5. The largest absolute Gasteiger partial charge is 0.479 e. The quantitative estimate of drug-likeness (QED) is 0.125. The SMILES string of the molecule is CO[C@@H]1[C@@H](O)[C@H](O[C@@H]2[C@@H](C)O[C@@H](O[C@@H]3[C@@H](C)O[C@@H](O[C@@H]4[C@@H](C)O[C@@H](O[C@H]5CC[C@]6(C)[C@H]7C[C@@H](OC(=O)c8ccccc8)[C@@]8(C)[C@](O)(CC[C@@]8(O)C(C)=O)[C@]7(O)C=C7O[C@@]76C5)C[C@H]4OC)C[C@H]3OC)C[C@H]2OC)O[C@H](C)[C@H]1O. The zero-order valence-corrected chi connectivity index (χ0v) is 46.1. The first-order chi connectivity index (χ1) is 36.5. The molecule has 8 fully saturated rings. The van der Waals surface area contributed by atoms with Gasteiger partial charge in [0.2, 0.25) is 0 Å². The summed E-state index contributed by atoms with van der Waals surface area (Å²) in [5.41, 5.74) is -9.25. The van der Waals surface area contributed by atoms with Gasteiger partial charge in [0.25, 0.3) is 0 Å². The minimum Gasteiger partial charge on any atom is -0.479 e. The van der Waals surface area contributed by atoms with Crippen LogP contribution >= 0.6 is 0 Å². The highest BCUT2D eigenvalue weighted by Gasteiger charge is 2.86. The predicted octanol–water partition coefficient (Wildman–Crippen LogP) is 3.14. The summed E-state index contributed by atoms with van der Waals surface area (Å²) in [5, 5.41) is 59.6. The molecule has 0 unspecified atom stereocenters. The first kappa shape index (κ1) is 57.5. The normalized spacial score (nSPS) is 51.2. The van der Waals surface area contributed by atoms with E-state index in [1.165, 1.54) is 14.0 Å². The molecule has 1 spiro atoms. The highest BCUT2D eigenvalue weighted by Crippen LogP contribution is 2.76. The topological polar surface area (TPSA) is 268 Å². The van der Waals surface area contributed by atoms with Gasteiger partial charge in [-0.3, -0.25) is 4.79 Å². The van der Waals surface area contributed by atoms with Crippen LogP contribution in [0.2, 0.25) is 0 Å². The lowest BCUT2D eigenvalue weighted by Crippen LogP contribution is -2.78. The number of aliphatic hydroxyl groups is 5. The molecule has 0 aromatic heterocycles. The van der Waals surface area contributed by atoms with E-state index >= 15 is 0 Å². The number of rotatable bonds is 15. The molecule has 1 aromatic carbocycles. The highest BCUT2D eigenvalue weighted by atomic mass is 16.8. The van der Waals surface area contributed by atoms with Gasteiger partial charge in [-0.2, -0.15) is 0 Å². The number of ketones is 1. The Morgan fingerprint density at radius 2 is 1.18 bits per heavy atom. The van der Waals surface area contributed by atoms with E-state index in [-0.39, 0.29) is 30.9 Å². The molecule has 1 aromatic rings. The summed E-state index contributed by atoms with van der Waals surface area (Å²) in [6, 6.07) is 8.45. The van der Waals surface area contributed by atoms with Gasteiger partial charge in [0.1, 0.15) is 65.3 Å². The summed E-state index contributed by atoms with van der Waals surface area (Å²) in [5.74, 6) is -1.42. The average molecular weight is 1090 g/mol. The van der Waals surface area contributed by atoms with Crippen LogP contribution in [0.5, 0.6) is 0 Å². The fourth-order valence-corrected chi connectivity index (χ4v) is 15.3. The number of Topliss-reactive ketones (excluding diaryl/α,β-unsaturated/α-hetero) is 1. The summed E-state index contributed by atoms with van der Waals surface area (Å²) in [6.07, 6.45) is -9.29. The molecule has 3 saturated carbocycles. The Morgan fingerprint density at radius 3 is 1.71 bits per heavy atom.